The van der Waals surface area contributed by atoms with Gasteiger partial charge in [-0.15, -0.1) is 0 Å². The second-order valence-corrected chi connectivity index (χ2v) is 6.38. The van der Waals surface area contributed by atoms with Crippen molar-refractivity contribution < 1.29 is 13.9 Å². The number of hydrogen-bond acceptors (Lipinski definition) is 6. The summed E-state index contributed by atoms with van der Waals surface area (Å²) in [6, 6.07) is 8.23. The number of ether oxygens (including phenoxy) is 1. The van der Waals surface area contributed by atoms with Crippen molar-refractivity contribution in [1.29, 1.82) is 0 Å². The van der Waals surface area contributed by atoms with Crippen molar-refractivity contribution in [2.45, 2.75) is 17.8 Å². The molecule has 0 unspecified atom stereocenters. The predicted octanol–water partition coefficient (Wildman–Crippen LogP) is 3.19. The normalized spacial score (nSPS) is 10.6. The molecule has 0 spiro atoms. The van der Waals surface area contributed by atoms with Crippen molar-refractivity contribution >= 4 is 17.7 Å². The van der Waals surface area contributed by atoms with Gasteiger partial charge in [0.2, 0.25) is 11.2 Å². The molecule has 2 aromatic heterocycles. The maximum Gasteiger partial charge on any atom is 0.343 e. The number of carbonyl (C=O) groups excluding carboxylic acids is 1. The molecule has 0 saturated carbocycles. The largest absolute Gasteiger partial charge is 0.464 e. The minimum atomic E-state index is -0.595. The fraction of sp³-hybridized carbons (Fsp3) is 0.167. The van der Waals surface area contributed by atoms with Crippen molar-refractivity contribution in [2.75, 3.05) is 0 Å². The smallest absolute Gasteiger partial charge is 0.343 e. The van der Waals surface area contributed by atoms with E-state index >= 15 is 0 Å². The molecule has 0 atom stereocenters. The van der Waals surface area contributed by atoms with Crippen LogP contribution >= 0.6 is 11.8 Å². The molecule has 0 bridgehead atoms. The highest BCUT2D eigenvalue weighted by atomic mass is 32.2. The summed E-state index contributed by atoms with van der Waals surface area (Å²) in [6.45, 7) is 1.92. The first-order valence-corrected chi connectivity index (χ1v) is 8.52. The fourth-order valence-electron chi connectivity index (χ4n) is 2.06. The zero-order valence-corrected chi connectivity index (χ0v) is 14.6. The van der Waals surface area contributed by atoms with Crippen LogP contribution in [-0.2, 0) is 12.8 Å². The maximum atomic E-state index is 12.1. The van der Waals surface area contributed by atoms with Gasteiger partial charge >= 0.3 is 5.97 Å². The Bertz CT molecular complexity index is 944. The van der Waals surface area contributed by atoms with E-state index < -0.39 is 11.4 Å². The second kappa shape index (κ2) is 7.40. The second-order valence-electron chi connectivity index (χ2n) is 5.44. The molecule has 6 nitrogen and oxygen atoms in total. The van der Waals surface area contributed by atoms with E-state index in [1.165, 1.54) is 24.1 Å². The first-order chi connectivity index (χ1) is 12.0. The Hall–Kier alpha value is -2.80. The number of nitrogens with zero attached hydrogens (tertiary/aromatic N) is 2. The molecule has 1 aromatic carbocycles. The number of carbonyl (C=O) groups is 1. The predicted molar refractivity (Wildman–Crippen MR) is 93.9 cm³/mol. The Balaban J connectivity index is 1.67. The van der Waals surface area contributed by atoms with Crippen LogP contribution in [0.25, 0.3) is 0 Å². The zero-order valence-electron chi connectivity index (χ0n) is 13.8. The third-order valence-electron chi connectivity index (χ3n) is 3.46. The minimum absolute atomic E-state index is 0.128. The van der Waals surface area contributed by atoms with Crippen LogP contribution in [0.4, 0.5) is 0 Å². The maximum absolute atomic E-state index is 12.1. The van der Waals surface area contributed by atoms with Crippen LogP contribution in [0.1, 0.15) is 21.7 Å². The summed E-state index contributed by atoms with van der Waals surface area (Å²) in [4.78, 5) is 28.4. The van der Waals surface area contributed by atoms with Crippen molar-refractivity contribution in [3.63, 3.8) is 0 Å². The summed E-state index contributed by atoms with van der Waals surface area (Å²) < 4.78 is 12.4. The van der Waals surface area contributed by atoms with Crippen LogP contribution < -0.4 is 10.2 Å². The molecule has 25 heavy (non-hydrogen) atoms. The Kier molecular flexibility index (Phi) is 5.04. The third kappa shape index (κ3) is 4.19. The molecule has 3 rings (SSSR count). The van der Waals surface area contributed by atoms with Gasteiger partial charge in [0.1, 0.15) is 12.0 Å². The number of aromatic nitrogens is 2. The van der Waals surface area contributed by atoms with Gasteiger partial charge in [0.15, 0.2) is 5.16 Å². The van der Waals surface area contributed by atoms with Gasteiger partial charge in [0.25, 0.3) is 0 Å². The molecule has 0 radical (unpaired) electrons. The highest BCUT2D eigenvalue weighted by Gasteiger charge is 2.13. The zero-order chi connectivity index (χ0) is 17.8. The molecule has 0 N–H and O–H groups in total. The topological polar surface area (TPSA) is 74.3 Å². The molecule has 128 valence electrons. The van der Waals surface area contributed by atoms with Gasteiger partial charge in [-0.2, -0.15) is 0 Å². The van der Waals surface area contributed by atoms with Gasteiger partial charge in [0, 0.05) is 25.5 Å². The number of rotatable bonds is 5. The van der Waals surface area contributed by atoms with E-state index in [1.807, 2.05) is 24.7 Å². The first-order valence-electron chi connectivity index (χ1n) is 7.53. The molecule has 0 aliphatic heterocycles. The summed E-state index contributed by atoms with van der Waals surface area (Å²) in [7, 11) is 1.89. The average molecular weight is 356 g/mol. The van der Waals surface area contributed by atoms with E-state index in [1.54, 1.807) is 30.5 Å². The molecule has 2 heterocycles. The van der Waals surface area contributed by atoms with Crippen LogP contribution in [0.3, 0.4) is 0 Å². The van der Waals surface area contributed by atoms with Crippen LogP contribution in [0.2, 0.25) is 0 Å². The van der Waals surface area contributed by atoms with Crippen molar-refractivity contribution in [3.8, 4) is 5.75 Å². The Morgan fingerprint density at radius 3 is 2.72 bits per heavy atom. The summed E-state index contributed by atoms with van der Waals surface area (Å²) in [5.74, 6) is 0.207. The average Bonchev–Trinajstić information content (AvgIpc) is 3.01. The van der Waals surface area contributed by atoms with Crippen LogP contribution in [0, 0.1) is 6.92 Å². The molecule has 0 saturated heterocycles. The first kappa shape index (κ1) is 17.0. The van der Waals surface area contributed by atoms with E-state index in [0.717, 1.165) is 10.7 Å². The summed E-state index contributed by atoms with van der Waals surface area (Å²) >= 11 is 1.44. The number of imidazole rings is 1. The molecule has 0 aliphatic carbocycles. The van der Waals surface area contributed by atoms with Gasteiger partial charge in [-0.25, -0.2) is 9.78 Å². The van der Waals surface area contributed by atoms with Gasteiger partial charge in [-0.05, 0) is 19.1 Å². The highest BCUT2D eigenvalue weighted by Crippen LogP contribution is 2.20. The van der Waals surface area contributed by atoms with Crippen molar-refractivity contribution in [2.24, 2.45) is 7.05 Å². The molecular formula is C18H16N2O4S. The highest BCUT2D eigenvalue weighted by molar-refractivity contribution is 7.98. The van der Waals surface area contributed by atoms with Gasteiger partial charge < -0.3 is 13.7 Å². The lowest BCUT2D eigenvalue weighted by Gasteiger charge is -2.05. The van der Waals surface area contributed by atoms with E-state index in [4.69, 9.17) is 9.15 Å². The summed E-state index contributed by atoms with van der Waals surface area (Å²) in [5.41, 5.74) is 1.01. The summed E-state index contributed by atoms with van der Waals surface area (Å²) in [5, 5.41) is 0.817. The van der Waals surface area contributed by atoms with Crippen LogP contribution in [0.15, 0.2) is 63.4 Å². The number of benzene rings is 1. The molecule has 0 aliphatic rings. The molecule has 0 amide bonds. The Labute approximate surface area is 148 Å². The SMILES string of the molecule is Cc1ccc(C(=O)Oc2coc(CSc3nccn3C)cc2=O)cc1. The molecule has 7 heteroatoms. The van der Waals surface area contributed by atoms with E-state index in [9.17, 15) is 9.59 Å². The number of esters is 1. The number of hydrogen-bond donors (Lipinski definition) is 0. The van der Waals surface area contributed by atoms with Gasteiger partial charge in [-0.3, -0.25) is 4.79 Å². The number of aryl methyl sites for hydroxylation is 2. The molecule has 0 fully saturated rings. The van der Waals surface area contributed by atoms with Crippen LogP contribution in [0.5, 0.6) is 5.75 Å². The van der Waals surface area contributed by atoms with Crippen LogP contribution in [-0.4, -0.2) is 15.5 Å². The monoisotopic (exact) mass is 356 g/mol. The fourth-order valence-corrected chi connectivity index (χ4v) is 2.89. The summed E-state index contributed by atoms with van der Waals surface area (Å²) in [6.07, 6.45) is 4.71. The quantitative estimate of drug-likeness (QED) is 0.516. The molecule has 3 aromatic rings. The standard InChI is InChI=1S/C18H16N2O4S/c1-12-3-5-13(6-4-12)17(22)24-16-10-23-14(9-15(16)21)11-25-18-19-7-8-20(18)2/h3-10H,11H2,1-2H3. The lowest BCUT2D eigenvalue weighted by Crippen LogP contribution is -2.14. The minimum Gasteiger partial charge on any atom is -0.464 e. The van der Waals surface area contributed by atoms with Gasteiger partial charge in [0.05, 0.1) is 11.3 Å². The van der Waals surface area contributed by atoms with E-state index in [0.29, 0.717) is 17.1 Å². The van der Waals surface area contributed by atoms with Crippen molar-refractivity contribution in [3.05, 3.63) is 76.1 Å². The lowest BCUT2D eigenvalue weighted by molar-refractivity contribution is 0.0729. The molecular weight excluding hydrogens is 340 g/mol. The van der Waals surface area contributed by atoms with E-state index in [2.05, 4.69) is 4.98 Å². The van der Waals surface area contributed by atoms with Crippen molar-refractivity contribution in [1.82, 2.24) is 9.55 Å². The van der Waals surface area contributed by atoms with Gasteiger partial charge in [-0.1, -0.05) is 29.5 Å². The number of thioether (sulfide) groups is 1. The van der Waals surface area contributed by atoms with E-state index in [-0.39, 0.29) is 5.75 Å². The third-order valence-corrected chi connectivity index (χ3v) is 4.54. The Morgan fingerprint density at radius 1 is 1.32 bits per heavy atom. The Morgan fingerprint density at radius 2 is 2.08 bits per heavy atom. The lowest BCUT2D eigenvalue weighted by atomic mass is 10.1.